The summed E-state index contributed by atoms with van der Waals surface area (Å²) in [5, 5.41) is 12.0. The van der Waals surface area contributed by atoms with Crippen molar-refractivity contribution >= 4 is 11.7 Å². The highest BCUT2D eigenvalue weighted by Crippen LogP contribution is 2.20. The summed E-state index contributed by atoms with van der Waals surface area (Å²) < 4.78 is 14.1. The van der Waals surface area contributed by atoms with Crippen LogP contribution in [0.3, 0.4) is 0 Å². The van der Waals surface area contributed by atoms with E-state index in [-0.39, 0.29) is 18.0 Å². The molecule has 1 aromatic rings. The molecule has 106 valence electrons. The van der Waals surface area contributed by atoms with Crippen LogP contribution in [0.5, 0.6) is 0 Å². The lowest BCUT2D eigenvalue weighted by Crippen LogP contribution is -2.47. The lowest BCUT2D eigenvalue weighted by molar-refractivity contribution is 0.0469. The van der Waals surface area contributed by atoms with Gasteiger partial charge in [0.25, 0.3) is 5.91 Å². The third-order valence-electron chi connectivity index (χ3n) is 3.06. The van der Waals surface area contributed by atoms with Gasteiger partial charge in [-0.05, 0) is 26.8 Å². The zero-order valence-corrected chi connectivity index (χ0v) is 11.7. The van der Waals surface area contributed by atoms with Gasteiger partial charge in [-0.3, -0.25) is 4.79 Å². The molecule has 0 aliphatic heterocycles. The fraction of sp³-hybridized carbons (Fsp3) is 0.538. The van der Waals surface area contributed by atoms with Gasteiger partial charge in [0.05, 0.1) is 17.7 Å². The smallest absolute Gasteiger partial charge is 0.257 e. The number of anilines is 1. The normalized spacial score (nSPS) is 11.3. The number of amides is 1. The van der Waals surface area contributed by atoms with E-state index < -0.39 is 17.3 Å². The fourth-order valence-corrected chi connectivity index (χ4v) is 1.46. The molecule has 1 amide bonds. The van der Waals surface area contributed by atoms with Gasteiger partial charge in [0.1, 0.15) is 0 Å². The molecule has 0 spiro atoms. The van der Waals surface area contributed by atoms with Crippen LogP contribution in [0.4, 0.5) is 10.2 Å². The Balaban J connectivity index is 3.10. The summed E-state index contributed by atoms with van der Waals surface area (Å²) in [5.74, 6) is -1.10. The van der Waals surface area contributed by atoms with E-state index >= 15 is 0 Å². The van der Waals surface area contributed by atoms with Gasteiger partial charge in [-0.15, -0.1) is 0 Å². The second-order valence-electron chi connectivity index (χ2n) is 4.89. The van der Waals surface area contributed by atoms with Crippen LogP contribution in [0.2, 0.25) is 0 Å². The predicted octanol–water partition coefficient (Wildman–Crippen LogP) is 1.50. The minimum Gasteiger partial charge on any atom is -0.394 e. The minimum atomic E-state index is -0.759. The number of nitrogens with one attached hydrogen (secondary N) is 1. The standard InChI is InChI=1S/C13H20FN3O2/c1-5-15-11-10(14)9(6-7-16-11)12(19)17(4)13(2,3)8-18/h6-7,18H,5,8H2,1-4H3,(H,15,16). The van der Waals surface area contributed by atoms with Crippen LogP contribution in [-0.2, 0) is 0 Å². The van der Waals surface area contributed by atoms with Gasteiger partial charge < -0.3 is 15.3 Å². The number of carbonyl (C=O) groups is 1. The van der Waals surface area contributed by atoms with Gasteiger partial charge in [0.15, 0.2) is 11.6 Å². The van der Waals surface area contributed by atoms with Crippen molar-refractivity contribution in [2.24, 2.45) is 0 Å². The Bertz CT molecular complexity index is 463. The van der Waals surface area contributed by atoms with Crippen molar-refractivity contribution in [3.05, 3.63) is 23.6 Å². The summed E-state index contributed by atoms with van der Waals surface area (Å²) in [5.41, 5.74) is -0.819. The molecule has 1 aromatic heterocycles. The summed E-state index contributed by atoms with van der Waals surface area (Å²) in [6.07, 6.45) is 1.38. The van der Waals surface area contributed by atoms with Gasteiger partial charge in [0.2, 0.25) is 0 Å². The van der Waals surface area contributed by atoms with Crippen molar-refractivity contribution < 1.29 is 14.3 Å². The Morgan fingerprint density at radius 2 is 2.21 bits per heavy atom. The summed E-state index contributed by atoms with van der Waals surface area (Å²) in [6.45, 7) is 5.53. The number of rotatable bonds is 5. The maximum absolute atomic E-state index is 14.1. The molecule has 1 heterocycles. The first-order valence-corrected chi connectivity index (χ1v) is 6.12. The number of carbonyl (C=O) groups excluding carboxylic acids is 1. The number of pyridine rings is 1. The molecule has 0 radical (unpaired) electrons. The average Bonchev–Trinajstić information content (AvgIpc) is 2.39. The first-order chi connectivity index (χ1) is 8.85. The van der Waals surface area contributed by atoms with Gasteiger partial charge >= 0.3 is 0 Å². The lowest BCUT2D eigenvalue weighted by atomic mass is 10.0. The van der Waals surface area contributed by atoms with Crippen molar-refractivity contribution in [2.75, 3.05) is 25.5 Å². The molecule has 0 aliphatic rings. The highest BCUT2D eigenvalue weighted by molar-refractivity contribution is 5.95. The maximum Gasteiger partial charge on any atom is 0.257 e. The quantitative estimate of drug-likeness (QED) is 0.850. The van der Waals surface area contributed by atoms with Gasteiger partial charge in [0, 0.05) is 19.8 Å². The third kappa shape index (κ3) is 3.20. The van der Waals surface area contributed by atoms with E-state index in [9.17, 15) is 14.3 Å². The number of nitrogens with zero attached hydrogens (tertiary/aromatic N) is 2. The van der Waals surface area contributed by atoms with Gasteiger partial charge in [-0.2, -0.15) is 0 Å². The van der Waals surface area contributed by atoms with Crippen LogP contribution in [-0.4, -0.2) is 46.6 Å². The number of hydrogen-bond acceptors (Lipinski definition) is 4. The second kappa shape index (κ2) is 5.97. The lowest BCUT2D eigenvalue weighted by Gasteiger charge is -2.34. The molecule has 0 aromatic carbocycles. The number of aromatic nitrogens is 1. The van der Waals surface area contributed by atoms with Gasteiger partial charge in [-0.25, -0.2) is 9.37 Å². The Morgan fingerprint density at radius 3 is 2.74 bits per heavy atom. The largest absolute Gasteiger partial charge is 0.394 e. The van der Waals surface area contributed by atoms with Crippen LogP contribution in [0.15, 0.2) is 12.3 Å². The zero-order chi connectivity index (χ0) is 14.6. The molecular weight excluding hydrogens is 249 g/mol. The Morgan fingerprint density at radius 1 is 1.58 bits per heavy atom. The minimum absolute atomic E-state index is 0.0588. The Labute approximate surface area is 112 Å². The molecule has 2 N–H and O–H groups in total. The van der Waals surface area contributed by atoms with Crippen molar-refractivity contribution in [2.45, 2.75) is 26.3 Å². The van der Waals surface area contributed by atoms with E-state index in [2.05, 4.69) is 10.3 Å². The fourth-order valence-electron chi connectivity index (χ4n) is 1.46. The molecular formula is C13H20FN3O2. The number of hydrogen-bond donors (Lipinski definition) is 2. The molecule has 19 heavy (non-hydrogen) atoms. The van der Waals surface area contributed by atoms with E-state index in [0.29, 0.717) is 6.54 Å². The topological polar surface area (TPSA) is 65.5 Å². The van der Waals surface area contributed by atoms with Crippen LogP contribution in [0.1, 0.15) is 31.1 Å². The molecule has 1 rings (SSSR count). The van der Waals surface area contributed by atoms with Crippen molar-refractivity contribution in [3.8, 4) is 0 Å². The number of halogens is 1. The van der Waals surface area contributed by atoms with Crippen molar-refractivity contribution in [1.29, 1.82) is 0 Å². The summed E-state index contributed by atoms with van der Waals surface area (Å²) in [6, 6.07) is 1.34. The van der Waals surface area contributed by atoms with E-state index in [4.69, 9.17) is 0 Å². The van der Waals surface area contributed by atoms with Crippen LogP contribution >= 0.6 is 0 Å². The average molecular weight is 269 g/mol. The monoisotopic (exact) mass is 269 g/mol. The molecule has 6 heteroatoms. The number of aliphatic hydroxyl groups excluding tert-OH is 1. The molecule has 0 atom stereocenters. The number of aliphatic hydroxyl groups is 1. The van der Waals surface area contributed by atoms with E-state index in [1.165, 1.54) is 24.2 Å². The van der Waals surface area contributed by atoms with E-state index in [0.717, 1.165) is 0 Å². The second-order valence-corrected chi connectivity index (χ2v) is 4.89. The van der Waals surface area contributed by atoms with Crippen molar-refractivity contribution in [3.63, 3.8) is 0 Å². The predicted molar refractivity (Wildman–Crippen MR) is 71.6 cm³/mol. The van der Waals surface area contributed by atoms with E-state index in [1.54, 1.807) is 13.8 Å². The van der Waals surface area contributed by atoms with Crippen LogP contribution in [0, 0.1) is 5.82 Å². The summed E-state index contributed by atoms with van der Waals surface area (Å²) in [4.78, 5) is 17.4. The Hall–Kier alpha value is -1.69. The molecule has 0 saturated carbocycles. The van der Waals surface area contributed by atoms with Crippen molar-refractivity contribution in [1.82, 2.24) is 9.88 Å². The Kier molecular flexibility index (Phi) is 4.83. The summed E-state index contributed by atoms with van der Waals surface area (Å²) >= 11 is 0. The molecule has 0 bridgehead atoms. The highest BCUT2D eigenvalue weighted by Gasteiger charge is 2.29. The van der Waals surface area contributed by atoms with Crippen LogP contribution in [0.25, 0.3) is 0 Å². The summed E-state index contributed by atoms with van der Waals surface area (Å²) in [7, 11) is 1.53. The molecule has 0 unspecified atom stereocenters. The third-order valence-corrected chi connectivity index (χ3v) is 3.06. The SMILES string of the molecule is CCNc1nccc(C(=O)N(C)C(C)(C)CO)c1F. The van der Waals surface area contributed by atoms with Gasteiger partial charge in [-0.1, -0.05) is 0 Å². The zero-order valence-electron chi connectivity index (χ0n) is 11.7. The molecule has 0 saturated heterocycles. The first kappa shape index (κ1) is 15.4. The maximum atomic E-state index is 14.1. The molecule has 0 aliphatic carbocycles. The first-order valence-electron chi connectivity index (χ1n) is 6.12. The number of likely N-dealkylation sites (N-methyl/N-ethyl adjacent to an activating group) is 1. The van der Waals surface area contributed by atoms with Crippen LogP contribution < -0.4 is 5.32 Å². The molecule has 0 fully saturated rings. The molecule has 5 nitrogen and oxygen atoms in total. The van der Waals surface area contributed by atoms with E-state index in [1.807, 2.05) is 6.92 Å². The highest BCUT2D eigenvalue weighted by atomic mass is 19.1.